The van der Waals surface area contributed by atoms with Gasteiger partial charge in [0.1, 0.15) is 0 Å². The van der Waals surface area contributed by atoms with E-state index >= 15 is 0 Å². The number of likely N-dealkylation sites (tertiary alicyclic amines) is 1. The van der Waals surface area contributed by atoms with Crippen molar-refractivity contribution in [3.05, 3.63) is 0 Å². The van der Waals surface area contributed by atoms with Gasteiger partial charge in [-0.05, 0) is 64.8 Å². The van der Waals surface area contributed by atoms with Crippen LogP contribution in [0.4, 0.5) is 0 Å². The zero-order valence-electron chi connectivity index (χ0n) is 9.18. The topological polar surface area (TPSA) is 15.3 Å². The van der Waals surface area contributed by atoms with Crippen molar-refractivity contribution >= 4 is 0 Å². The van der Waals surface area contributed by atoms with Crippen LogP contribution < -0.4 is 5.32 Å². The standard InChI is InChI=1S/C11H24N2/c1-3-7-12-8-4-11-5-9-13(2)10-6-11/h11-12H,3-10H2,1-2H3. The zero-order valence-corrected chi connectivity index (χ0v) is 9.18. The van der Waals surface area contributed by atoms with Crippen LogP contribution in [0.3, 0.4) is 0 Å². The molecule has 78 valence electrons. The van der Waals surface area contributed by atoms with Crippen LogP contribution in [-0.2, 0) is 0 Å². The van der Waals surface area contributed by atoms with Gasteiger partial charge in [-0.1, -0.05) is 6.92 Å². The second-order valence-corrected chi connectivity index (χ2v) is 4.29. The highest BCUT2D eigenvalue weighted by Gasteiger charge is 2.15. The molecule has 0 unspecified atom stereocenters. The van der Waals surface area contributed by atoms with Gasteiger partial charge in [0.25, 0.3) is 0 Å². The minimum absolute atomic E-state index is 0.987. The molecule has 0 aromatic rings. The number of hydrogen-bond acceptors (Lipinski definition) is 2. The molecule has 0 amide bonds. The lowest BCUT2D eigenvalue weighted by Gasteiger charge is -2.28. The third-order valence-corrected chi connectivity index (χ3v) is 2.99. The SMILES string of the molecule is CCCNCCC1CCN(C)CC1. The molecular formula is C11H24N2. The van der Waals surface area contributed by atoms with Gasteiger partial charge in [0.05, 0.1) is 0 Å². The van der Waals surface area contributed by atoms with E-state index in [1.54, 1.807) is 0 Å². The molecule has 0 spiro atoms. The minimum atomic E-state index is 0.987. The van der Waals surface area contributed by atoms with Crippen LogP contribution in [0.25, 0.3) is 0 Å². The molecule has 0 radical (unpaired) electrons. The fraction of sp³-hybridized carbons (Fsp3) is 1.00. The summed E-state index contributed by atoms with van der Waals surface area (Å²) >= 11 is 0. The summed E-state index contributed by atoms with van der Waals surface area (Å²) < 4.78 is 0. The Bertz CT molecular complexity index is 117. The average Bonchev–Trinajstić information content (AvgIpc) is 2.15. The summed E-state index contributed by atoms with van der Waals surface area (Å²) in [6.45, 7) is 7.24. The summed E-state index contributed by atoms with van der Waals surface area (Å²) in [6, 6.07) is 0. The Hall–Kier alpha value is -0.0800. The third-order valence-electron chi connectivity index (χ3n) is 2.99. The molecule has 2 heteroatoms. The Kier molecular flexibility index (Phi) is 5.40. The zero-order chi connectivity index (χ0) is 9.52. The van der Waals surface area contributed by atoms with Crippen molar-refractivity contribution in [3.8, 4) is 0 Å². The summed E-state index contributed by atoms with van der Waals surface area (Å²) in [5.41, 5.74) is 0. The molecule has 13 heavy (non-hydrogen) atoms. The van der Waals surface area contributed by atoms with Crippen molar-refractivity contribution in [2.75, 3.05) is 33.2 Å². The summed E-state index contributed by atoms with van der Waals surface area (Å²) in [7, 11) is 2.23. The number of hydrogen-bond donors (Lipinski definition) is 1. The first-order valence-electron chi connectivity index (χ1n) is 5.72. The van der Waals surface area contributed by atoms with Gasteiger partial charge in [-0.2, -0.15) is 0 Å². The summed E-state index contributed by atoms with van der Waals surface area (Å²) in [5.74, 6) is 0.987. The molecule has 1 aliphatic heterocycles. The summed E-state index contributed by atoms with van der Waals surface area (Å²) in [4.78, 5) is 2.44. The highest BCUT2D eigenvalue weighted by Crippen LogP contribution is 2.18. The second kappa shape index (κ2) is 6.39. The Labute approximate surface area is 82.7 Å². The molecule has 1 saturated heterocycles. The van der Waals surface area contributed by atoms with Gasteiger partial charge < -0.3 is 10.2 Å². The quantitative estimate of drug-likeness (QED) is 0.654. The Morgan fingerprint density at radius 3 is 2.54 bits per heavy atom. The second-order valence-electron chi connectivity index (χ2n) is 4.29. The van der Waals surface area contributed by atoms with Crippen molar-refractivity contribution in [2.45, 2.75) is 32.6 Å². The molecule has 0 aromatic heterocycles. The Morgan fingerprint density at radius 2 is 1.92 bits per heavy atom. The van der Waals surface area contributed by atoms with Crippen LogP contribution in [0.15, 0.2) is 0 Å². The van der Waals surface area contributed by atoms with Crippen molar-refractivity contribution in [3.63, 3.8) is 0 Å². The van der Waals surface area contributed by atoms with Crippen molar-refractivity contribution < 1.29 is 0 Å². The van der Waals surface area contributed by atoms with E-state index in [1.165, 1.54) is 51.9 Å². The number of nitrogens with one attached hydrogen (secondary N) is 1. The van der Waals surface area contributed by atoms with E-state index in [4.69, 9.17) is 0 Å². The molecule has 0 aliphatic carbocycles. The molecule has 1 N–H and O–H groups in total. The molecule has 1 fully saturated rings. The van der Waals surface area contributed by atoms with Gasteiger partial charge in [-0.3, -0.25) is 0 Å². The fourth-order valence-electron chi connectivity index (χ4n) is 1.96. The minimum Gasteiger partial charge on any atom is -0.317 e. The Balaban J connectivity index is 1.96. The van der Waals surface area contributed by atoms with E-state index in [2.05, 4.69) is 24.2 Å². The van der Waals surface area contributed by atoms with Crippen LogP contribution in [0.5, 0.6) is 0 Å². The maximum atomic E-state index is 3.48. The molecule has 1 rings (SSSR count). The van der Waals surface area contributed by atoms with Crippen molar-refractivity contribution in [1.29, 1.82) is 0 Å². The fourth-order valence-corrected chi connectivity index (χ4v) is 1.96. The van der Waals surface area contributed by atoms with Crippen LogP contribution in [0.2, 0.25) is 0 Å². The van der Waals surface area contributed by atoms with Crippen molar-refractivity contribution in [1.82, 2.24) is 10.2 Å². The van der Waals surface area contributed by atoms with E-state index in [-0.39, 0.29) is 0 Å². The van der Waals surface area contributed by atoms with Crippen LogP contribution >= 0.6 is 0 Å². The summed E-state index contributed by atoms with van der Waals surface area (Å²) in [6.07, 6.45) is 5.45. The van der Waals surface area contributed by atoms with Crippen LogP contribution in [0, 0.1) is 5.92 Å². The number of rotatable bonds is 5. The molecular weight excluding hydrogens is 160 g/mol. The predicted octanol–water partition coefficient (Wildman–Crippen LogP) is 1.72. The van der Waals surface area contributed by atoms with Gasteiger partial charge in [0.2, 0.25) is 0 Å². The first-order valence-corrected chi connectivity index (χ1v) is 5.72. The van der Waals surface area contributed by atoms with E-state index in [1.807, 2.05) is 0 Å². The van der Waals surface area contributed by atoms with Gasteiger partial charge in [-0.25, -0.2) is 0 Å². The van der Waals surface area contributed by atoms with E-state index in [0.29, 0.717) is 0 Å². The van der Waals surface area contributed by atoms with Crippen LogP contribution in [0.1, 0.15) is 32.6 Å². The Morgan fingerprint density at radius 1 is 1.23 bits per heavy atom. The molecule has 0 aromatic carbocycles. The first kappa shape index (κ1) is 11.0. The molecule has 1 heterocycles. The predicted molar refractivity (Wildman–Crippen MR) is 58.0 cm³/mol. The van der Waals surface area contributed by atoms with E-state index in [9.17, 15) is 0 Å². The maximum Gasteiger partial charge on any atom is -0.00191 e. The first-order chi connectivity index (χ1) is 6.33. The molecule has 0 saturated carbocycles. The van der Waals surface area contributed by atoms with Crippen LogP contribution in [-0.4, -0.2) is 38.1 Å². The number of piperidine rings is 1. The van der Waals surface area contributed by atoms with E-state index < -0.39 is 0 Å². The molecule has 0 atom stereocenters. The third kappa shape index (κ3) is 4.63. The maximum absolute atomic E-state index is 3.48. The van der Waals surface area contributed by atoms with E-state index in [0.717, 1.165) is 5.92 Å². The van der Waals surface area contributed by atoms with Gasteiger partial charge in [0, 0.05) is 0 Å². The van der Waals surface area contributed by atoms with Gasteiger partial charge in [-0.15, -0.1) is 0 Å². The van der Waals surface area contributed by atoms with Crippen molar-refractivity contribution in [2.24, 2.45) is 5.92 Å². The largest absolute Gasteiger partial charge is 0.317 e. The number of nitrogens with zero attached hydrogens (tertiary/aromatic N) is 1. The highest BCUT2D eigenvalue weighted by molar-refractivity contribution is 4.70. The lowest BCUT2D eigenvalue weighted by atomic mass is 9.94. The van der Waals surface area contributed by atoms with Gasteiger partial charge >= 0.3 is 0 Å². The summed E-state index contributed by atoms with van der Waals surface area (Å²) in [5, 5.41) is 3.48. The highest BCUT2D eigenvalue weighted by atomic mass is 15.1. The molecule has 0 bridgehead atoms. The smallest absolute Gasteiger partial charge is 0.00191 e. The molecule has 2 nitrogen and oxygen atoms in total. The lowest BCUT2D eigenvalue weighted by Crippen LogP contribution is -2.31. The van der Waals surface area contributed by atoms with Gasteiger partial charge in [0.15, 0.2) is 0 Å². The monoisotopic (exact) mass is 184 g/mol. The normalized spacial score (nSPS) is 20.8. The molecule has 1 aliphatic rings. The lowest BCUT2D eigenvalue weighted by molar-refractivity contribution is 0.211. The average molecular weight is 184 g/mol.